The molecule has 6 nitrogen and oxygen atoms in total. The number of nitrogens with zero attached hydrogens (tertiary/aromatic N) is 2. The minimum Gasteiger partial charge on any atom is -0.481 e. The van der Waals surface area contributed by atoms with Crippen molar-refractivity contribution < 1.29 is 19.5 Å². The first-order valence-electron chi connectivity index (χ1n) is 7.23. The number of carbonyl (C=O) groups excluding carboxylic acids is 2. The molecule has 1 aliphatic rings. The first-order valence-corrected chi connectivity index (χ1v) is 7.23. The van der Waals surface area contributed by atoms with E-state index < -0.39 is 17.8 Å². The lowest BCUT2D eigenvalue weighted by atomic mass is 10.1. The van der Waals surface area contributed by atoms with E-state index in [1.807, 2.05) is 30.3 Å². The van der Waals surface area contributed by atoms with E-state index in [9.17, 15) is 14.4 Å². The Balaban J connectivity index is 2.01. The lowest BCUT2D eigenvalue weighted by molar-refractivity contribution is -0.143. The number of carboxylic acid groups (broad SMARTS) is 1. The van der Waals surface area contributed by atoms with Gasteiger partial charge in [-0.3, -0.25) is 14.4 Å². The Kier molecular flexibility index (Phi) is 4.80. The quantitative estimate of drug-likeness (QED) is 0.887. The third-order valence-electron chi connectivity index (χ3n) is 3.89. The predicted molar refractivity (Wildman–Crippen MR) is 81.3 cm³/mol. The summed E-state index contributed by atoms with van der Waals surface area (Å²) in [7, 11) is 1.58. The zero-order valence-corrected chi connectivity index (χ0v) is 12.7. The third kappa shape index (κ3) is 3.44. The van der Waals surface area contributed by atoms with Crippen LogP contribution in [0.15, 0.2) is 30.3 Å². The van der Waals surface area contributed by atoms with Crippen LogP contribution < -0.4 is 4.90 Å². The maximum absolute atomic E-state index is 12.4. The number of benzene rings is 1. The van der Waals surface area contributed by atoms with Crippen LogP contribution in [0.5, 0.6) is 0 Å². The predicted octanol–water partition coefficient (Wildman–Crippen LogP) is 1.22. The number of hydrogen-bond acceptors (Lipinski definition) is 3. The lowest BCUT2D eigenvalue weighted by Crippen LogP contribution is -2.38. The summed E-state index contributed by atoms with van der Waals surface area (Å²) in [6, 6.07) is 9.23. The molecule has 0 aromatic heterocycles. The summed E-state index contributed by atoms with van der Waals surface area (Å²) in [5.41, 5.74) is 0.782. The van der Waals surface area contributed by atoms with Crippen LogP contribution in [-0.4, -0.2) is 47.9 Å². The van der Waals surface area contributed by atoms with Gasteiger partial charge in [-0.25, -0.2) is 0 Å². The molecule has 0 aliphatic carbocycles. The van der Waals surface area contributed by atoms with Gasteiger partial charge in [0.15, 0.2) is 0 Å². The summed E-state index contributed by atoms with van der Waals surface area (Å²) in [4.78, 5) is 38.4. The second kappa shape index (κ2) is 6.60. The highest BCUT2D eigenvalue weighted by atomic mass is 16.4. The number of aliphatic carboxylic acids is 1. The van der Waals surface area contributed by atoms with Gasteiger partial charge in [-0.1, -0.05) is 25.1 Å². The number of carboxylic acids is 1. The van der Waals surface area contributed by atoms with Gasteiger partial charge in [0.05, 0.1) is 11.8 Å². The average Bonchev–Trinajstić information content (AvgIpc) is 2.89. The normalized spacial score (nSPS) is 19.1. The van der Waals surface area contributed by atoms with Gasteiger partial charge >= 0.3 is 5.97 Å². The molecule has 2 rings (SSSR count). The van der Waals surface area contributed by atoms with Crippen LogP contribution in [0.2, 0.25) is 0 Å². The molecule has 1 heterocycles. The van der Waals surface area contributed by atoms with Gasteiger partial charge in [-0.15, -0.1) is 0 Å². The molecule has 118 valence electrons. The molecule has 0 radical (unpaired) electrons. The molecule has 1 aromatic rings. The Hall–Kier alpha value is -2.37. The second-order valence-corrected chi connectivity index (χ2v) is 5.70. The highest BCUT2D eigenvalue weighted by Gasteiger charge is 2.36. The first kappa shape index (κ1) is 16.0. The molecule has 2 amide bonds. The zero-order valence-electron chi connectivity index (χ0n) is 12.7. The van der Waals surface area contributed by atoms with Crippen LogP contribution in [0.3, 0.4) is 0 Å². The third-order valence-corrected chi connectivity index (χ3v) is 3.89. The monoisotopic (exact) mass is 304 g/mol. The number of amides is 2. The van der Waals surface area contributed by atoms with Gasteiger partial charge in [-0.2, -0.15) is 0 Å². The molecule has 1 fully saturated rings. The van der Waals surface area contributed by atoms with E-state index in [2.05, 4.69) is 0 Å². The highest BCUT2D eigenvalue weighted by molar-refractivity contribution is 6.00. The Morgan fingerprint density at radius 1 is 1.36 bits per heavy atom. The molecule has 1 saturated heterocycles. The van der Waals surface area contributed by atoms with Crippen molar-refractivity contribution in [2.24, 2.45) is 11.8 Å². The fourth-order valence-corrected chi connectivity index (χ4v) is 2.62. The van der Waals surface area contributed by atoms with Crippen LogP contribution in [0, 0.1) is 11.8 Å². The van der Waals surface area contributed by atoms with E-state index >= 15 is 0 Å². The SMILES string of the molecule is C[C@@H](CN(C)C(=O)[C@H]1CC(=O)N(c2ccccc2)C1)C(=O)O. The number of anilines is 1. The van der Waals surface area contributed by atoms with Crippen molar-refractivity contribution >= 4 is 23.5 Å². The van der Waals surface area contributed by atoms with Crippen molar-refractivity contribution in [2.45, 2.75) is 13.3 Å². The smallest absolute Gasteiger partial charge is 0.308 e. The average molecular weight is 304 g/mol. The molecular weight excluding hydrogens is 284 g/mol. The van der Waals surface area contributed by atoms with Crippen LogP contribution >= 0.6 is 0 Å². The number of carbonyl (C=O) groups is 3. The Labute approximate surface area is 129 Å². The standard InChI is InChI=1S/C16H20N2O4/c1-11(16(21)22)9-17(2)15(20)12-8-14(19)18(10-12)13-6-4-3-5-7-13/h3-7,11-12H,8-10H2,1-2H3,(H,21,22)/t11-,12-/m0/s1. The maximum atomic E-state index is 12.4. The summed E-state index contributed by atoms with van der Waals surface area (Å²) < 4.78 is 0. The van der Waals surface area contributed by atoms with Gasteiger partial charge in [0.1, 0.15) is 0 Å². The Bertz CT molecular complexity index is 573. The van der Waals surface area contributed by atoms with Crippen molar-refractivity contribution in [3.05, 3.63) is 30.3 Å². The van der Waals surface area contributed by atoms with Crippen molar-refractivity contribution in [3.8, 4) is 0 Å². The molecule has 1 aromatic carbocycles. The van der Waals surface area contributed by atoms with Gasteiger partial charge in [0, 0.05) is 32.2 Å². The maximum Gasteiger partial charge on any atom is 0.308 e. The molecule has 0 saturated carbocycles. The Morgan fingerprint density at radius 2 is 2.00 bits per heavy atom. The fraction of sp³-hybridized carbons (Fsp3) is 0.438. The van der Waals surface area contributed by atoms with Gasteiger partial charge in [0.2, 0.25) is 11.8 Å². The van der Waals surface area contributed by atoms with Gasteiger partial charge in [-0.05, 0) is 12.1 Å². The van der Waals surface area contributed by atoms with E-state index in [1.165, 1.54) is 4.90 Å². The summed E-state index contributed by atoms with van der Waals surface area (Å²) >= 11 is 0. The van der Waals surface area contributed by atoms with Crippen LogP contribution in [0.25, 0.3) is 0 Å². The molecule has 6 heteroatoms. The van der Waals surface area contributed by atoms with E-state index in [0.717, 1.165) is 5.69 Å². The van der Waals surface area contributed by atoms with E-state index in [-0.39, 0.29) is 24.8 Å². The van der Waals surface area contributed by atoms with E-state index in [0.29, 0.717) is 6.54 Å². The van der Waals surface area contributed by atoms with Crippen molar-refractivity contribution in [3.63, 3.8) is 0 Å². The molecule has 0 spiro atoms. The first-order chi connectivity index (χ1) is 10.4. The number of hydrogen-bond donors (Lipinski definition) is 1. The van der Waals surface area contributed by atoms with Crippen LogP contribution in [0.4, 0.5) is 5.69 Å². The molecular formula is C16H20N2O4. The molecule has 22 heavy (non-hydrogen) atoms. The minimum absolute atomic E-state index is 0.0794. The van der Waals surface area contributed by atoms with Crippen molar-refractivity contribution in [1.82, 2.24) is 4.90 Å². The van der Waals surface area contributed by atoms with Crippen molar-refractivity contribution in [1.29, 1.82) is 0 Å². The van der Waals surface area contributed by atoms with Gasteiger partial charge in [0.25, 0.3) is 0 Å². The zero-order chi connectivity index (χ0) is 16.3. The van der Waals surface area contributed by atoms with E-state index in [4.69, 9.17) is 5.11 Å². The van der Waals surface area contributed by atoms with E-state index in [1.54, 1.807) is 18.9 Å². The summed E-state index contributed by atoms with van der Waals surface area (Å²) in [5, 5.41) is 8.91. The molecule has 0 unspecified atom stereocenters. The lowest BCUT2D eigenvalue weighted by Gasteiger charge is -2.23. The summed E-state index contributed by atoms with van der Waals surface area (Å²) in [6.07, 6.45) is 0.166. The molecule has 0 bridgehead atoms. The molecule has 1 aliphatic heterocycles. The minimum atomic E-state index is -0.937. The summed E-state index contributed by atoms with van der Waals surface area (Å²) in [5.74, 6) is -2.24. The molecule has 2 atom stereocenters. The number of rotatable bonds is 5. The van der Waals surface area contributed by atoms with Crippen LogP contribution in [0.1, 0.15) is 13.3 Å². The van der Waals surface area contributed by atoms with Crippen LogP contribution in [-0.2, 0) is 14.4 Å². The summed E-state index contributed by atoms with van der Waals surface area (Å²) in [6.45, 7) is 2.04. The highest BCUT2D eigenvalue weighted by Crippen LogP contribution is 2.26. The van der Waals surface area contributed by atoms with Crippen molar-refractivity contribution in [2.75, 3.05) is 25.0 Å². The Morgan fingerprint density at radius 3 is 2.59 bits per heavy atom. The largest absolute Gasteiger partial charge is 0.481 e. The fourth-order valence-electron chi connectivity index (χ4n) is 2.62. The second-order valence-electron chi connectivity index (χ2n) is 5.70. The van der Waals surface area contributed by atoms with Gasteiger partial charge < -0.3 is 14.9 Å². The topological polar surface area (TPSA) is 77.9 Å². The number of para-hydroxylation sites is 1. The molecule has 1 N–H and O–H groups in total.